The van der Waals surface area contributed by atoms with Crippen LogP contribution in [0.3, 0.4) is 0 Å². The maximum atomic E-state index is 12.8. The maximum absolute atomic E-state index is 12.8. The molecule has 1 aromatic carbocycles. The first-order valence-corrected chi connectivity index (χ1v) is 9.09. The molecule has 0 saturated heterocycles. The minimum Gasteiger partial charge on any atom is -0.493 e. The van der Waals surface area contributed by atoms with Crippen LogP contribution in [0, 0.1) is 12.8 Å². The SMILES string of the molecule is Cc1nnc(CNC(=O)[C@@H]2C[C@]23CCOc2ccccc23)n1C1CC1. The molecular weight excluding hydrogens is 316 g/mol. The summed E-state index contributed by atoms with van der Waals surface area (Å²) in [6.45, 7) is 3.13. The molecule has 3 aliphatic rings. The van der Waals surface area contributed by atoms with E-state index in [2.05, 4.69) is 26.1 Å². The highest BCUT2D eigenvalue weighted by Gasteiger charge is 2.60. The first-order chi connectivity index (χ1) is 12.2. The number of carbonyl (C=O) groups is 1. The molecule has 2 saturated carbocycles. The molecule has 1 N–H and O–H groups in total. The molecule has 0 unspecified atom stereocenters. The molecule has 2 atom stereocenters. The van der Waals surface area contributed by atoms with E-state index in [-0.39, 0.29) is 17.2 Å². The summed E-state index contributed by atoms with van der Waals surface area (Å²) >= 11 is 0. The maximum Gasteiger partial charge on any atom is 0.224 e. The molecular formula is C19H22N4O2. The quantitative estimate of drug-likeness (QED) is 0.928. The third-order valence-corrected chi connectivity index (χ3v) is 5.89. The number of hydrogen-bond donors (Lipinski definition) is 1. The van der Waals surface area contributed by atoms with Crippen molar-refractivity contribution in [2.24, 2.45) is 5.92 Å². The second kappa shape index (κ2) is 5.31. The number of aromatic nitrogens is 3. The molecule has 25 heavy (non-hydrogen) atoms. The summed E-state index contributed by atoms with van der Waals surface area (Å²) in [4.78, 5) is 12.8. The number of aryl methyl sites for hydroxylation is 1. The monoisotopic (exact) mass is 338 g/mol. The van der Waals surface area contributed by atoms with E-state index in [4.69, 9.17) is 4.74 Å². The normalized spacial score (nSPS) is 26.8. The van der Waals surface area contributed by atoms with Gasteiger partial charge < -0.3 is 14.6 Å². The average Bonchev–Trinajstić information content (AvgIpc) is 3.54. The fourth-order valence-electron chi connectivity index (χ4n) is 4.34. The summed E-state index contributed by atoms with van der Waals surface area (Å²) in [6.07, 6.45) is 4.19. The molecule has 1 spiro atoms. The van der Waals surface area contributed by atoms with Gasteiger partial charge in [-0.05, 0) is 38.7 Å². The van der Waals surface area contributed by atoms with Crippen LogP contribution in [0.4, 0.5) is 0 Å². The van der Waals surface area contributed by atoms with Crippen molar-refractivity contribution in [2.75, 3.05) is 6.61 Å². The molecule has 6 nitrogen and oxygen atoms in total. The van der Waals surface area contributed by atoms with E-state index in [0.717, 1.165) is 30.2 Å². The molecule has 6 heteroatoms. The van der Waals surface area contributed by atoms with E-state index >= 15 is 0 Å². The summed E-state index contributed by atoms with van der Waals surface area (Å²) in [7, 11) is 0. The molecule has 0 radical (unpaired) electrons. The molecule has 5 rings (SSSR count). The highest BCUT2D eigenvalue weighted by Crippen LogP contribution is 2.60. The van der Waals surface area contributed by atoms with Crippen LogP contribution < -0.4 is 10.1 Å². The molecule has 1 aromatic heterocycles. The predicted molar refractivity (Wildman–Crippen MR) is 91.2 cm³/mol. The van der Waals surface area contributed by atoms with Gasteiger partial charge in [-0.25, -0.2) is 0 Å². The lowest BCUT2D eigenvalue weighted by molar-refractivity contribution is -0.123. The second-order valence-electron chi connectivity index (χ2n) is 7.49. The van der Waals surface area contributed by atoms with E-state index in [0.29, 0.717) is 19.2 Å². The van der Waals surface area contributed by atoms with Crippen LogP contribution in [-0.2, 0) is 16.8 Å². The number of carbonyl (C=O) groups excluding carboxylic acids is 1. The summed E-state index contributed by atoms with van der Waals surface area (Å²) < 4.78 is 7.93. The molecule has 1 amide bonds. The molecule has 0 bridgehead atoms. The topological polar surface area (TPSA) is 69.0 Å². The predicted octanol–water partition coefficient (Wildman–Crippen LogP) is 2.28. The van der Waals surface area contributed by atoms with E-state index in [1.54, 1.807) is 0 Å². The van der Waals surface area contributed by atoms with Gasteiger partial charge in [0.2, 0.25) is 5.91 Å². The highest BCUT2D eigenvalue weighted by atomic mass is 16.5. The average molecular weight is 338 g/mol. The van der Waals surface area contributed by atoms with E-state index in [1.807, 2.05) is 25.1 Å². The number of amides is 1. The summed E-state index contributed by atoms with van der Waals surface area (Å²) in [5, 5.41) is 11.5. The Balaban J connectivity index is 1.30. The Bertz CT molecular complexity index is 842. The zero-order chi connectivity index (χ0) is 17.0. The van der Waals surface area contributed by atoms with Gasteiger partial charge in [0.1, 0.15) is 11.6 Å². The van der Waals surface area contributed by atoms with Crippen LogP contribution in [0.1, 0.15) is 48.9 Å². The molecule has 2 fully saturated rings. The van der Waals surface area contributed by atoms with Crippen LogP contribution in [-0.4, -0.2) is 27.3 Å². The summed E-state index contributed by atoms with van der Waals surface area (Å²) in [5.74, 6) is 2.91. The second-order valence-corrected chi connectivity index (χ2v) is 7.49. The third-order valence-electron chi connectivity index (χ3n) is 5.89. The van der Waals surface area contributed by atoms with Gasteiger partial charge >= 0.3 is 0 Å². The van der Waals surface area contributed by atoms with E-state index < -0.39 is 0 Å². The Kier molecular flexibility index (Phi) is 3.17. The fraction of sp³-hybridized carbons (Fsp3) is 0.526. The lowest BCUT2D eigenvalue weighted by Crippen LogP contribution is -2.31. The van der Waals surface area contributed by atoms with Gasteiger partial charge in [0.15, 0.2) is 5.82 Å². The number of fused-ring (bicyclic) bond motifs is 2. The van der Waals surface area contributed by atoms with Crippen molar-refractivity contribution in [3.05, 3.63) is 41.5 Å². The molecule has 130 valence electrons. The van der Waals surface area contributed by atoms with Crippen LogP contribution in [0.25, 0.3) is 0 Å². The van der Waals surface area contributed by atoms with Crippen LogP contribution in [0.15, 0.2) is 24.3 Å². The number of benzene rings is 1. The van der Waals surface area contributed by atoms with Crippen molar-refractivity contribution < 1.29 is 9.53 Å². The minimum absolute atomic E-state index is 0.0288. The molecule has 2 aliphatic carbocycles. The van der Waals surface area contributed by atoms with Crippen molar-refractivity contribution in [2.45, 2.75) is 50.6 Å². The zero-order valence-corrected chi connectivity index (χ0v) is 14.4. The van der Waals surface area contributed by atoms with E-state index in [1.165, 1.54) is 18.4 Å². The van der Waals surface area contributed by atoms with Crippen LogP contribution in [0.5, 0.6) is 5.75 Å². The van der Waals surface area contributed by atoms with Crippen molar-refractivity contribution in [3.63, 3.8) is 0 Å². The first kappa shape index (κ1) is 14.9. The van der Waals surface area contributed by atoms with Crippen molar-refractivity contribution in [1.82, 2.24) is 20.1 Å². The lowest BCUT2D eigenvalue weighted by Gasteiger charge is -2.26. The van der Waals surface area contributed by atoms with Crippen LogP contribution in [0.2, 0.25) is 0 Å². The molecule has 2 heterocycles. The van der Waals surface area contributed by atoms with Gasteiger partial charge in [-0.1, -0.05) is 18.2 Å². The Morgan fingerprint density at radius 2 is 2.20 bits per heavy atom. The number of ether oxygens (including phenoxy) is 1. The molecule has 2 aromatic rings. The van der Waals surface area contributed by atoms with Gasteiger partial charge in [-0.3, -0.25) is 4.79 Å². The van der Waals surface area contributed by atoms with Gasteiger partial charge in [0.05, 0.1) is 13.2 Å². The smallest absolute Gasteiger partial charge is 0.224 e. The summed E-state index contributed by atoms with van der Waals surface area (Å²) in [5.41, 5.74) is 1.16. The Morgan fingerprint density at radius 1 is 1.36 bits per heavy atom. The van der Waals surface area contributed by atoms with Gasteiger partial charge in [0.25, 0.3) is 0 Å². The highest BCUT2D eigenvalue weighted by molar-refractivity contribution is 5.84. The van der Waals surface area contributed by atoms with Crippen molar-refractivity contribution >= 4 is 5.91 Å². The Morgan fingerprint density at radius 3 is 3.04 bits per heavy atom. The van der Waals surface area contributed by atoms with E-state index in [9.17, 15) is 4.79 Å². The number of nitrogens with zero attached hydrogens (tertiary/aromatic N) is 3. The third kappa shape index (κ3) is 2.34. The minimum atomic E-state index is -0.0288. The summed E-state index contributed by atoms with van der Waals surface area (Å²) in [6, 6.07) is 8.65. The lowest BCUT2D eigenvalue weighted by atomic mass is 9.87. The van der Waals surface area contributed by atoms with Gasteiger partial charge in [-0.15, -0.1) is 10.2 Å². The largest absolute Gasteiger partial charge is 0.493 e. The van der Waals surface area contributed by atoms with Gasteiger partial charge in [-0.2, -0.15) is 0 Å². The number of rotatable bonds is 4. The van der Waals surface area contributed by atoms with Crippen LogP contribution >= 0.6 is 0 Å². The van der Waals surface area contributed by atoms with Crippen molar-refractivity contribution in [3.8, 4) is 5.75 Å². The zero-order valence-electron chi connectivity index (χ0n) is 14.4. The Hall–Kier alpha value is -2.37. The first-order valence-electron chi connectivity index (χ1n) is 9.09. The number of nitrogens with one attached hydrogen (secondary N) is 1. The molecule has 1 aliphatic heterocycles. The fourth-order valence-corrected chi connectivity index (χ4v) is 4.34. The number of hydrogen-bond acceptors (Lipinski definition) is 4. The van der Waals surface area contributed by atoms with Crippen molar-refractivity contribution in [1.29, 1.82) is 0 Å². The Labute approximate surface area is 146 Å². The standard InChI is InChI=1S/C19H22N4O2/c1-12-21-22-17(23(12)13-6-7-13)11-20-18(24)15-10-19(15)8-9-25-16-5-3-2-4-14(16)19/h2-5,13,15H,6-11H2,1H3,(H,20,24)/t15-,19-/m0/s1. The number of para-hydroxylation sites is 1. The van der Waals surface area contributed by atoms with Gasteiger partial charge in [0, 0.05) is 22.9 Å².